The van der Waals surface area contributed by atoms with Crippen molar-refractivity contribution in [2.75, 3.05) is 32.7 Å². The van der Waals surface area contributed by atoms with E-state index in [-0.39, 0.29) is 23.9 Å². The van der Waals surface area contributed by atoms with Crippen LogP contribution in [0.15, 0.2) is 0 Å². The Labute approximate surface area is 109 Å². The number of Topliss-reactive ketones (excluding diaryl/α,β-unsaturated/α-hetero) is 1. The van der Waals surface area contributed by atoms with Crippen LogP contribution in [0.2, 0.25) is 0 Å². The number of amides is 1. The van der Waals surface area contributed by atoms with Crippen LogP contribution < -0.4 is 0 Å². The van der Waals surface area contributed by atoms with Gasteiger partial charge in [0.25, 0.3) is 0 Å². The van der Waals surface area contributed by atoms with Crippen LogP contribution in [0, 0.1) is 5.92 Å². The van der Waals surface area contributed by atoms with Crippen molar-refractivity contribution in [1.82, 2.24) is 9.80 Å². The SMILES string of the molecule is CC(C)OC(=O)N1CCN(CC(=O)C(C)C)CC1. The smallest absolute Gasteiger partial charge is 0.410 e. The van der Waals surface area contributed by atoms with Crippen LogP contribution in [0.4, 0.5) is 4.79 Å². The molecular weight excluding hydrogens is 232 g/mol. The summed E-state index contributed by atoms with van der Waals surface area (Å²) in [4.78, 5) is 27.1. The molecule has 1 aliphatic rings. The largest absolute Gasteiger partial charge is 0.447 e. The van der Waals surface area contributed by atoms with E-state index in [0.29, 0.717) is 19.6 Å². The van der Waals surface area contributed by atoms with Crippen molar-refractivity contribution in [2.45, 2.75) is 33.8 Å². The molecule has 5 heteroatoms. The van der Waals surface area contributed by atoms with Crippen LogP contribution in [0.3, 0.4) is 0 Å². The van der Waals surface area contributed by atoms with E-state index in [9.17, 15) is 9.59 Å². The minimum absolute atomic E-state index is 0.0777. The third-order valence-corrected chi connectivity index (χ3v) is 2.99. The number of carbonyl (C=O) groups is 2. The molecule has 104 valence electrons. The van der Waals surface area contributed by atoms with Crippen molar-refractivity contribution >= 4 is 11.9 Å². The molecule has 1 rings (SSSR count). The molecule has 0 N–H and O–H groups in total. The lowest BCUT2D eigenvalue weighted by Gasteiger charge is -2.34. The van der Waals surface area contributed by atoms with Crippen molar-refractivity contribution in [3.63, 3.8) is 0 Å². The summed E-state index contributed by atoms with van der Waals surface area (Å²) >= 11 is 0. The van der Waals surface area contributed by atoms with E-state index < -0.39 is 0 Å². The lowest BCUT2D eigenvalue weighted by Crippen LogP contribution is -2.50. The molecule has 0 radical (unpaired) electrons. The van der Waals surface area contributed by atoms with Gasteiger partial charge in [-0.3, -0.25) is 9.69 Å². The Kier molecular flexibility index (Phi) is 5.59. The predicted molar refractivity (Wildman–Crippen MR) is 69.5 cm³/mol. The molecule has 1 aliphatic heterocycles. The molecule has 0 unspecified atom stereocenters. The second-order valence-corrected chi connectivity index (χ2v) is 5.32. The lowest BCUT2D eigenvalue weighted by atomic mass is 10.1. The Balaban J connectivity index is 2.32. The minimum Gasteiger partial charge on any atom is -0.447 e. The molecule has 0 aliphatic carbocycles. The summed E-state index contributed by atoms with van der Waals surface area (Å²) in [6.45, 7) is 10.8. The van der Waals surface area contributed by atoms with Gasteiger partial charge in [0, 0.05) is 32.1 Å². The minimum atomic E-state index is -0.250. The van der Waals surface area contributed by atoms with Gasteiger partial charge in [-0.1, -0.05) is 13.8 Å². The fraction of sp³-hybridized carbons (Fsp3) is 0.846. The fourth-order valence-electron chi connectivity index (χ4n) is 1.77. The normalized spacial score (nSPS) is 17.3. The first-order valence-electron chi connectivity index (χ1n) is 6.60. The monoisotopic (exact) mass is 256 g/mol. The molecule has 0 spiro atoms. The molecule has 0 aromatic carbocycles. The Morgan fingerprint density at radius 1 is 1.06 bits per heavy atom. The van der Waals surface area contributed by atoms with E-state index in [1.807, 2.05) is 27.7 Å². The number of rotatable bonds is 4. The second-order valence-electron chi connectivity index (χ2n) is 5.32. The first-order valence-corrected chi connectivity index (χ1v) is 6.60. The van der Waals surface area contributed by atoms with Crippen LogP contribution in [-0.2, 0) is 9.53 Å². The van der Waals surface area contributed by atoms with Crippen molar-refractivity contribution < 1.29 is 14.3 Å². The van der Waals surface area contributed by atoms with Crippen molar-refractivity contribution in [3.05, 3.63) is 0 Å². The Morgan fingerprint density at radius 3 is 2.06 bits per heavy atom. The highest BCUT2D eigenvalue weighted by atomic mass is 16.6. The summed E-state index contributed by atoms with van der Waals surface area (Å²) in [5, 5.41) is 0. The van der Waals surface area contributed by atoms with Gasteiger partial charge >= 0.3 is 6.09 Å². The lowest BCUT2D eigenvalue weighted by molar-refractivity contribution is -0.123. The molecular formula is C13H24N2O3. The zero-order valence-corrected chi connectivity index (χ0v) is 11.8. The number of carbonyl (C=O) groups excluding carboxylic acids is 2. The molecule has 0 aromatic rings. The summed E-state index contributed by atoms with van der Waals surface area (Å²) in [7, 11) is 0. The van der Waals surface area contributed by atoms with Gasteiger partial charge in [0.15, 0.2) is 0 Å². The van der Waals surface area contributed by atoms with Crippen molar-refractivity contribution in [3.8, 4) is 0 Å². The quantitative estimate of drug-likeness (QED) is 0.762. The number of ether oxygens (including phenoxy) is 1. The summed E-state index contributed by atoms with van der Waals surface area (Å²) in [6.07, 6.45) is -0.335. The number of nitrogens with zero attached hydrogens (tertiary/aromatic N) is 2. The molecule has 1 fully saturated rings. The third kappa shape index (κ3) is 4.64. The van der Waals surface area contributed by atoms with Crippen molar-refractivity contribution in [1.29, 1.82) is 0 Å². The van der Waals surface area contributed by atoms with Crippen LogP contribution in [0.5, 0.6) is 0 Å². The summed E-state index contributed by atoms with van der Waals surface area (Å²) in [5.41, 5.74) is 0. The number of hydrogen-bond acceptors (Lipinski definition) is 4. The predicted octanol–water partition coefficient (Wildman–Crippen LogP) is 1.37. The molecule has 18 heavy (non-hydrogen) atoms. The topological polar surface area (TPSA) is 49.9 Å². The van der Waals surface area contributed by atoms with Crippen LogP contribution >= 0.6 is 0 Å². The molecule has 0 bridgehead atoms. The van der Waals surface area contributed by atoms with Crippen LogP contribution in [-0.4, -0.2) is 60.5 Å². The molecule has 0 aromatic heterocycles. The number of hydrogen-bond donors (Lipinski definition) is 0. The van der Waals surface area contributed by atoms with E-state index in [1.54, 1.807) is 4.90 Å². The van der Waals surface area contributed by atoms with Gasteiger partial charge in [-0.15, -0.1) is 0 Å². The average Bonchev–Trinajstić information content (AvgIpc) is 2.28. The zero-order valence-electron chi connectivity index (χ0n) is 11.8. The highest BCUT2D eigenvalue weighted by Gasteiger charge is 2.24. The standard InChI is InChI=1S/C13H24N2O3/c1-10(2)12(16)9-14-5-7-15(8-6-14)13(17)18-11(3)4/h10-11H,5-9H2,1-4H3. The van der Waals surface area contributed by atoms with Crippen LogP contribution in [0.1, 0.15) is 27.7 Å². The maximum Gasteiger partial charge on any atom is 0.410 e. The molecule has 5 nitrogen and oxygen atoms in total. The van der Waals surface area contributed by atoms with Gasteiger partial charge in [-0.2, -0.15) is 0 Å². The molecule has 0 atom stereocenters. The highest BCUT2D eigenvalue weighted by molar-refractivity contribution is 5.82. The Morgan fingerprint density at radius 2 is 1.61 bits per heavy atom. The van der Waals surface area contributed by atoms with Gasteiger partial charge in [-0.25, -0.2) is 4.79 Å². The summed E-state index contributed by atoms with van der Waals surface area (Å²) in [5.74, 6) is 0.335. The van der Waals surface area contributed by atoms with E-state index in [1.165, 1.54) is 0 Å². The maximum absolute atomic E-state index is 11.7. The summed E-state index contributed by atoms with van der Waals surface area (Å²) < 4.78 is 5.15. The van der Waals surface area contributed by atoms with E-state index >= 15 is 0 Å². The van der Waals surface area contributed by atoms with E-state index in [0.717, 1.165) is 13.1 Å². The van der Waals surface area contributed by atoms with Gasteiger partial charge in [-0.05, 0) is 13.8 Å². The van der Waals surface area contributed by atoms with E-state index in [2.05, 4.69) is 4.90 Å². The van der Waals surface area contributed by atoms with Gasteiger partial charge in [0.1, 0.15) is 5.78 Å². The first-order chi connectivity index (χ1) is 8.40. The molecule has 1 heterocycles. The fourth-order valence-corrected chi connectivity index (χ4v) is 1.77. The van der Waals surface area contributed by atoms with Gasteiger partial charge < -0.3 is 9.64 Å². The molecule has 1 saturated heterocycles. The molecule has 1 amide bonds. The van der Waals surface area contributed by atoms with Crippen molar-refractivity contribution in [2.24, 2.45) is 5.92 Å². The number of ketones is 1. The highest BCUT2D eigenvalue weighted by Crippen LogP contribution is 2.06. The molecule has 0 saturated carbocycles. The van der Waals surface area contributed by atoms with E-state index in [4.69, 9.17) is 4.74 Å². The summed E-state index contributed by atoms with van der Waals surface area (Å²) in [6, 6.07) is 0. The Hall–Kier alpha value is -1.10. The third-order valence-electron chi connectivity index (χ3n) is 2.99. The second kappa shape index (κ2) is 6.73. The first kappa shape index (κ1) is 15.0. The van der Waals surface area contributed by atoms with Gasteiger partial charge in [0.05, 0.1) is 12.6 Å². The average molecular weight is 256 g/mol. The number of piperazine rings is 1. The zero-order chi connectivity index (χ0) is 13.7. The van der Waals surface area contributed by atoms with Crippen LogP contribution in [0.25, 0.3) is 0 Å². The van der Waals surface area contributed by atoms with Gasteiger partial charge in [0.2, 0.25) is 0 Å². The Bertz CT molecular complexity index is 295. The maximum atomic E-state index is 11.7.